The van der Waals surface area contributed by atoms with Crippen LogP contribution in [0.25, 0.3) is 0 Å². The van der Waals surface area contributed by atoms with Crippen LogP contribution >= 0.6 is 11.8 Å². The lowest BCUT2D eigenvalue weighted by Gasteiger charge is -2.30. The molecule has 4 nitrogen and oxygen atoms in total. The van der Waals surface area contributed by atoms with E-state index in [9.17, 15) is 4.79 Å². The van der Waals surface area contributed by atoms with Crippen molar-refractivity contribution in [3.05, 3.63) is 24.0 Å². The lowest BCUT2D eigenvalue weighted by atomic mass is 10.1. The maximum Gasteiger partial charge on any atom is 0.182 e. The van der Waals surface area contributed by atoms with E-state index < -0.39 is 0 Å². The summed E-state index contributed by atoms with van der Waals surface area (Å²) in [6.45, 7) is 4.87. The van der Waals surface area contributed by atoms with Gasteiger partial charge in [0.25, 0.3) is 0 Å². The number of carbonyl (C=O) groups is 1. The summed E-state index contributed by atoms with van der Waals surface area (Å²) in [5, 5.41) is 0. The Kier molecular flexibility index (Phi) is 4.82. The number of pyridine rings is 1. The molecule has 1 unspecified atom stereocenters. The van der Waals surface area contributed by atoms with Gasteiger partial charge in [-0.05, 0) is 27.0 Å². The first-order valence-corrected chi connectivity index (χ1v) is 7.67. The van der Waals surface area contributed by atoms with Crippen LogP contribution in [0.3, 0.4) is 0 Å². The van der Waals surface area contributed by atoms with E-state index in [2.05, 4.69) is 9.88 Å². The van der Waals surface area contributed by atoms with E-state index in [4.69, 9.17) is 4.74 Å². The lowest BCUT2D eigenvalue weighted by Crippen LogP contribution is -2.44. The van der Waals surface area contributed by atoms with Gasteiger partial charge in [0, 0.05) is 29.8 Å². The zero-order valence-electron chi connectivity index (χ0n) is 11.6. The van der Waals surface area contributed by atoms with Crippen LogP contribution in [-0.2, 0) is 0 Å². The van der Waals surface area contributed by atoms with Gasteiger partial charge in [-0.15, -0.1) is 0 Å². The third-order valence-electron chi connectivity index (χ3n) is 3.07. The summed E-state index contributed by atoms with van der Waals surface area (Å²) in [5.74, 6) is 2.74. The number of hydrogen-bond acceptors (Lipinski definition) is 5. The van der Waals surface area contributed by atoms with Crippen LogP contribution in [0.1, 0.15) is 24.2 Å². The van der Waals surface area contributed by atoms with Crippen molar-refractivity contribution in [2.24, 2.45) is 0 Å². The lowest BCUT2D eigenvalue weighted by molar-refractivity contribution is 0.0873. The third-order valence-corrected chi connectivity index (χ3v) is 4.09. The number of ether oxygens (including phenoxy) is 1. The second-order valence-corrected chi connectivity index (χ2v) is 6.16. The molecule has 1 saturated heterocycles. The van der Waals surface area contributed by atoms with Crippen molar-refractivity contribution in [3.63, 3.8) is 0 Å². The average molecular weight is 280 g/mol. The van der Waals surface area contributed by atoms with E-state index in [0.29, 0.717) is 11.3 Å². The summed E-state index contributed by atoms with van der Waals surface area (Å²) in [5.41, 5.74) is 0.637. The Morgan fingerprint density at radius 1 is 1.53 bits per heavy atom. The highest BCUT2D eigenvalue weighted by Gasteiger charge is 2.27. The molecule has 0 aliphatic carbocycles. The normalized spacial score (nSPS) is 20.5. The van der Waals surface area contributed by atoms with Gasteiger partial charge in [-0.25, -0.2) is 0 Å². The van der Waals surface area contributed by atoms with E-state index in [0.717, 1.165) is 18.1 Å². The molecule has 0 spiro atoms. The van der Waals surface area contributed by atoms with Crippen molar-refractivity contribution >= 4 is 17.5 Å². The molecule has 1 aromatic heterocycles. The maximum absolute atomic E-state index is 12.5. The van der Waals surface area contributed by atoms with E-state index in [-0.39, 0.29) is 17.9 Å². The van der Waals surface area contributed by atoms with Gasteiger partial charge in [-0.2, -0.15) is 11.8 Å². The standard InChI is InChI=1S/C14H20N2O2S/c1-10(2)18-12-6-11(7-15-8-12)14(17)13-9-19-5-4-16(13)3/h6-8,10,13H,4-5,9H2,1-3H3. The van der Waals surface area contributed by atoms with Crippen molar-refractivity contribution in [1.29, 1.82) is 0 Å². The zero-order valence-corrected chi connectivity index (χ0v) is 12.4. The van der Waals surface area contributed by atoms with Gasteiger partial charge in [-0.1, -0.05) is 0 Å². The second kappa shape index (κ2) is 6.39. The number of likely N-dealkylation sites (N-methyl/N-ethyl adjacent to an activating group) is 1. The predicted molar refractivity (Wildman–Crippen MR) is 78.1 cm³/mol. The summed E-state index contributed by atoms with van der Waals surface area (Å²) < 4.78 is 5.59. The Bertz CT molecular complexity index is 451. The summed E-state index contributed by atoms with van der Waals surface area (Å²) in [6.07, 6.45) is 3.36. The molecule has 2 rings (SSSR count). The Morgan fingerprint density at radius 2 is 2.32 bits per heavy atom. The van der Waals surface area contributed by atoms with Crippen molar-refractivity contribution in [2.75, 3.05) is 25.1 Å². The first-order chi connectivity index (χ1) is 9.08. The SMILES string of the molecule is CC(C)Oc1cncc(C(=O)C2CSCCN2C)c1. The highest BCUT2D eigenvalue weighted by Crippen LogP contribution is 2.20. The molecule has 19 heavy (non-hydrogen) atoms. The molecular weight excluding hydrogens is 260 g/mol. The maximum atomic E-state index is 12.5. The van der Waals surface area contributed by atoms with Gasteiger partial charge < -0.3 is 4.74 Å². The summed E-state index contributed by atoms with van der Waals surface area (Å²) >= 11 is 1.83. The fourth-order valence-corrected chi connectivity index (χ4v) is 3.26. The van der Waals surface area contributed by atoms with Crippen LogP contribution in [0.2, 0.25) is 0 Å². The first kappa shape index (κ1) is 14.3. The summed E-state index contributed by atoms with van der Waals surface area (Å²) in [4.78, 5) is 18.7. The fourth-order valence-electron chi connectivity index (χ4n) is 2.05. The Labute approximate surface area is 118 Å². The highest BCUT2D eigenvalue weighted by atomic mass is 32.2. The van der Waals surface area contributed by atoms with E-state index in [1.807, 2.05) is 32.7 Å². The molecule has 1 aliphatic heterocycles. The third kappa shape index (κ3) is 3.70. The van der Waals surface area contributed by atoms with Gasteiger partial charge in [-0.3, -0.25) is 14.7 Å². The van der Waals surface area contributed by atoms with Crippen LogP contribution in [0, 0.1) is 0 Å². The molecule has 0 amide bonds. The Balaban J connectivity index is 2.14. The van der Waals surface area contributed by atoms with E-state index in [1.54, 1.807) is 18.5 Å². The van der Waals surface area contributed by atoms with Crippen molar-refractivity contribution in [2.45, 2.75) is 26.0 Å². The molecule has 104 valence electrons. The number of ketones is 1. The molecule has 0 saturated carbocycles. The molecule has 1 aromatic rings. The van der Waals surface area contributed by atoms with Crippen LogP contribution in [0.15, 0.2) is 18.5 Å². The van der Waals surface area contributed by atoms with Gasteiger partial charge in [0.05, 0.1) is 18.3 Å². The number of aromatic nitrogens is 1. The molecule has 1 atom stereocenters. The second-order valence-electron chi connectivity index (χ2n) is 5.01. The number of Topliss-reactive ketones (excluding diaryl/α,β-unsaturated/α-hetero) is 1. The molecule has 1 aliphatic rings. The number of hydrogen-bond donors (Lipinski definition) is 0. The zero-order chi connectivity index (χ0) is 13.8. The Morgan fingerprint density at radius 3 is 3.00 bits per heavy atom. The van der Waals surface area contributed by atoms with Crippen LogP contribution < -0.4 is 4.74 Å². The quantitative estimate of drug-likeness (QED) is 0.790. The first-order valence-electron chi connectivity index (χ1n) is 6.52. The topological polar surface area (TPSA) is 42.4 Å². The van der Waals surface area contributed by atoms with Gasteiger partial charge in [0.1, 0.15) is 5.75 Å². The monoisotopic (exact) mass is 280 g/mol. The minimum absolute atomic E-state index is 0.0464. The minimum Gasteiger partial charge on any atom is -0.489 e. The van der Waals surface area contributed by atoms with Crippen molar-refractivity contribution in [3.8, 4) is 5.75 Å². The average Bonchev–Trinajstić information content (AvgIpc) is 2.38. The molecule has 0 aromatic carbocycles. The van der Waals surface area contributed by atoms with Crippen LogP contribution in [0.4, 0.5) is 0 Å². The summed E-state index contributed by atoms with van der Waals surface area (Å²) in [7, 11) is 2.00. The largest absolute Gasteiger partial charge is 0.489 e. The molecule has 1 fully saturated rings. The molecule has 0 N–H and O–H groups in total. The molecule has 5 heteroatoms. The predicted octanol–water partition coefficient (Wildman–Crippen LogP) is 2.10. The fraction of sp³-hybridized carbons (Fsp3) is 0.571. The molecule has 0 bridgehead atoms. The van der Waals surface area contributed by atoms with Gasteiger partial charge >= 0.3 is 0 Å². The molecular formula is C14H20N2O2S. The highest BCUT2D eigenvalue weighted by molar-refractivity contribution is 7.99. The van der Waals surface area contributed by atoms with Crippen molar-refractivity contribution in [1.82, 2.24) is 9.88 Å². The van der Waals surface area contributed by atoms with Crippen molar-refractivity contribution < 1.29 is 9.53 Å². The number of rotatable bonds is 4. The van der Waals surface area contributed by atoms with E-state index >= 15 is 0 Å². The Hall–Kier alpha value is -1.07. The minimum atomic E-state index is -0.0464. The van der Waals surface area contributed by atoms with Crippen LogP contribution in [0.5, 0.6) is 5.75 Å². The number of thioether (sulfide) groups is 1. The van der Waals surface area contributed by atoms with Gasteiger partial charge in [0.15, 0.2) is 5.78 Å². The molecule has 0 radical (unpaired) electrons. The van der Waals surface area contributed by atoms with Crippen LogP contribution in [-0.4, -0.2) is 52.9 Å². The summed E-state index contributed by atoms with van der Waals surface area (Å²) in [6, 6.07) is 1.75. The molecule has 2 heterocycles. The van der Waals surface area contributed by atoms with Gasteiger partial charge in [0.2, 0.25) is 0 Å². The number of carbonyl (C=O) groups excluding carboxylic acids is 1. The number of nitrogens with zero attached hydrogens (tertiary/aromatic N) is 2. The van der Waals surface area contributed by atoms with E-state index in [1.165, 1.54) is 0 Å². The smallest absolute Gasteiger partial charge is 0.182 e.